The molecule has 0 aliphatic carbocycles. The summed E-state index contributed by atoms with van der Waals surface area (Å²) in [5, 5.41) is 14.8. The first kappa shape index (κ1) is 13.6. The van der Waals surface area contributed by atoms with Crippen molar-refractivity contribution in [2.24, 2.45) is 0 Å². The lowest BCUT2D eigenvalue weighted by atomic mass is 10.2. The van der Waals surface area contributed by atoms with Crippen LogP contribution in [-0.4, -0.2) is 4.92 Å². The van der Waals surface area contributed by atoms with Crippen molar-refractivity contribution in [2.75, 3.05) is 5.32 Å². The zero-order valence-electron chi connectivity index (χ0n) is 9.77. The Kier molecular flexibility index (Phi) is 4.24. The number of halogens is 2. The number of hydrogen-bond acceptors (Lipinski definition) is 3. The Balaban J connectivity index is 2.19. The van der Waals surface area contributed by atoms with Gasteiger partial charge in [-0.2, -0.15) is 0 Å². The molecule has 0 aliphatic rings. The number of nitrogens with one attached hydrogen (secondary N) is 1. The zero-order chi connectivity index (χ0) is 13.8. The number of rotatable bonds is 4. The molecule has 0 amide bonds. The average Bonchev–Trinajstić information content (AvgIpc) is 2.40. The molecule has 2 aromatic rings. The highest BCUT2D eigenvalue weighted by Crippen LogP contribution is 2.28. The molecule has 4 nitrogen and oxygen atoms in total. The maximum atomic E-state index is 10.9. The Bertz CT molecular complexity index is 617. The third kappa shape index (κ3) is 3.16. The first-order valence-corrected chi connectivity index (χ1v) is 6.25. The molecule has 0 aromatic heterocycles. The van der Waals surface area contributed by atoms with Crippen molar-refractivity contribution in [3.8, 4) is 0 Å². The first-order valence-electron chi connectivity index (χ1n) is 5.50. The molecule has 2 aromatic carbocycles. The van der Waals surface area contributed by atoms with Crippen molar-refractivity contribution < 1.29 is 4.92 Å². The van der Waals surface area contributed by atoms with Gasteiger partial charge in [-0.05, 0) is 17.7 Å². The summed E-state index contributed by atoms with van der Waals surface area (Å²) in [6, 6.07) is 11.7. The van der Waals surface area contributed by atoms with E-state index in [1.807, 2.05) is 6.07 Å². The van der Waals surface area contributed by atoms with Gasteiger partial charge in [0.2, 0.25) is 0 Å². The molecule has 0 heterocycles. The highest BCUT2D eigenvalue weighted by atomic mass is 35.5. The van der Waals surface area contributed by atoms with Crippen LogP contribution >= 0.6 is 23.2 Å². The third-order valence-corrected chi connectivity index (χ3v) is 3.46. The number of benzene rings is 2. The summed E-state index contributed by atoms with van der Waals surface area (Å²) in [5.74, 6) is 0. The van der Waals surface area contributed by atoms with Gasteiger partial charge in [-0.3, -0.25) is 10.1 Å². The smallest absolute Gasteiger partial charge is 0.292 e. The molecular weight excluding hydrogens is 287 g/mol. The van der Waals surface area contributed by atoms with Crippen molar-refractivity contribution >= 4 is 34.6 Å². The van der Waals surface area contributed by atoms with Crippen LogP contribution < -0.4 is 5.32 Å². The van der Waals surface area contributed by atoms with Gasteiger partial charge in [-0.25, -0.2) is 0 Å². The maximum Gasteiger partial charge on any atom is 0.292 e. The van der Waals surface area contributed by atoms with E-state index in [1.54, 1.807) is 30.3 Å². The molecule has 0 saturated heterocycles. The summed E-state index contributed by atoms with van der Waals surface area (Å²) in [6.07, 6.45) is 0. The molecule has 0 fully saturated rings. The highest BCUT2D eigenvalue weighted by Gasteiger charge is 2.12. The van der Waals surface area contributed by atoms with Gasteiger partial charge in [0.05, 0.1) is 15.0 Å². The fourth-order valence-corrected chi connectivity index (χ4v) is 2.04. The lowest BCUT2D eigenvalue weighted by Gasteiger charge is -2.09. The molecule has 0 spiro atoms. The van der Waals surface area contributed by atoms with Crippen LogP contribution in [0.3, 0.4) is 0 Å². The first-order chi connectivity index (χ1) is 9.09. The number of nitro benzene ring substituents is 1. The maximum absolute atomic E-state index is 10.9. The van der Waals surface area contributed by atoms with Crippen LogP contribution in [0.1, 0.15) is 5.56 Å². The minimum Gasteiger partial charge on any atom is -0.375 e. The molecule has 2 rings (SSSR count). The molecule has 0 atom stereocenters. The number of para-hydroxylation sites is 2. The van der Waals surface area contributed by atoms with E-state index in [0.29, 0.717) is 22.3 Å². The van der Waals surface area contributed by atoms with E-state index < -0.39 is 4.92 Å². The molecule has 19 heavy (non-hydrogen) atoms. The van der Waals surface area contributed by atoms with Gasteiger partial charge in [0.1, 0.15) is 5.69 Å². The average molecular weight is 297 g/mol. The van der Waals surface area contributed by atoms with Crippen molar-refractivity contribution in [3.63, 3.8) is 0 Å². The van der Waals surface area contributed by atoms with E-state index >= 15 is 0 Å². The number of hydrogen-bond donors (Lipinski definition) is 1. The second-order valence-electron chi connectivity index (χ2n) is 3.84. The molecule has 1 N–H and O–H groups in total. The topological polar surface area (TPSA) is 55.2 Å². The molecule has 0 unspecified atom stereocenters. The van der Waals surface area contributed by atoms with Gasteiger partial charge in [0, 0.05) is 12.6 Å². The van der Waals surface area contributed by atoms with Gasteiger partial charge in [-0.1, -0.05) is 47.5 Å². The second-order valence-corrected chi connectivity index (χ2v) is 4.63. The SMILES string of the molecule is O=[N+]([O-])c1ccccc1NCc1cccc(Cl)c1Cl. The summed E-state index contributed by atoms with van der Waals surface area (Å²) >= 11 is 12.0. The molecule has 0 bridgehead atoms. The summed E-state index contributed by atoms with van der Waals surface area (Å²) in [6.45, 7) is 0.365. The minimum atomic E-state index is -0.429. The van der Waals surface area contributed by atoms with Crippen LogP contribution in [0.5, 0.6) is 0 Å². The predicted molar refractivity (Wildman–Crippen MR) is 76.9 cm³/mol. The van der Waals surface area contributed by atoms with Gasteiger partial charge in [-0.15, -0.1) is 0 Å². The lowest BCUT2D eigenvalue weighted by molar-refractivity contribution is -0.384. The third-order valence-electron chi connectivity index (χ3n) is 2.60. The molecular formula is C13H10Cl2N2O2. The molecule has 0 saturated carbocycles. The summed E-state index contributed by atoms with van der Waals surface area (Å²) in [7, 11) is 0. The van der Waals surface area contributed by atoms with Crippen LogP contribution in [0.4, 0.5) is 11.4 Å². The fraction of sp³-hybridized carbons (Fsp3) is 0.0769. The fourth-order valence-electron chi connectivity index (χ4n) is 1.66. The minimum absolute atomic E-state index is 0.0284. The Morgan fingerprint density at radius 1 is 1.11 bits per heavy atom. The van der Waals surface area contributed by atoms with E-state index in [9.17, 15) is 10.1 Å². The van der Waals surface area contributed by atoms with E-state index in [-0.39, 0.29) is 5.69 Å². The van der Waals surface area contributed by atoms with E-state index in [0.717, 1.165) is 5.56 Å². The van der Waals surface area contributed by atoms with E-state index in [4.69, 9.17) is 23.2 Å². The lowest BCUT2D eigenvalue weighted by Crippen LogP contribution is -2.03. The standard InChI is InChI=1S/C13H10Cl2N2O2/c14-10-5-3-4-9(13(10)15)8-16-11-6-1-2-7-12(11)17(18)19/h1-7,16H,8H2. The predicted octanol–water partition coefficient (Wildman–Crippen LogP) is 4.51. The Hall–Kier alpha value is -1.78. The van der Waals surface area contributed by atoms with Crippen LogP contribution in [-0.2, 0) is 6.54 Å². The van der Waals surface area contributed by atoms with Crippen molar-refractivity contribution in [3.05, 3.63) is 68.2 Å². The summed E-state index contributed by atoms with van der Waals surface area (Å²) < 4.78 is 0. The van der Waals surface area contributed by atoms with Crippen LogP contribution in [0.25, 0.3) is 0 Å². The molecule has 0 aliphatic heterocycles. The molecule has 0 radical (unpaired) electrons. The number of nitro groups is 1. The van der Waals surface area contributed by atoms with Gasteiger partial charge < -0.3 is 5.32 Å². The van der Waals surface area contributed by atoms with Gasteiger partial charge >= 0.3 is 0 Å². The Labute approximate surface area is 120 Å². The Morgan fingerprint density at radius 3 is 2.58 bits per heavy atom. The largest absolute Gasteiger partial charge is 0.375 e. The molecule has 98 valence electrons. The second kappa shape index (κ2) is 5.91. The van der Waals surface area contributed by atoms with E-state index in [1.165, 1.54) is 6.07 Å². The summed E-state index contributed by atoms with van der Waals surface area (Å²) in [4.78, 5) is 10.4. The monoisotopic (exact) mass is 296 g/mol. The van der Waals surface area contributed by atoms with Crippen LogP contribution in [0.15, 0.2) is 42.5 Å². The quantitative estimate of drug-likeness (QED) is 0.667. The highest BCUT2D eigenvalue weighted by molar-refractivity contribution is 6.42. The molecule has 6 heteroatoms. The Morgan fingerprint density at radius 2 is 1.84 bits per heavy atom. The van der Waals surface area contributed by atoms with Gasteiger partial charge in [0.25, 0.3) is 5.69 Å². The van der Waals surface area contributed by atoms with Crippen LogP contribution in [0.2, 0.25) is 10.0 Å². The van der Waals surface area contributed by atoms with Crippen molar-refractivity contribution in [1.29, 1.82) is 0 Å². The van der Waals surface area contributed by atoms with Crippen molar-refractivity contribution in [2.45, 2.75) is 6.54 Å². The van der Waals surface area contributed by atoms with Crippen LogP contribution in [0, 0.1) is 10.1 Å². The summed E-state index contributed by atoms with van der Waals surface area (Å²) in [5.41, 5.74) is 1.26. The number of anilines is 1. The number of nitrogens with zero attached hydrogens (tertiary/aromatic N) is 1. The van der Waals surface area contributed by atoms with Crippen molar-refractivity contribution in [1.82, 2.24) is 0 Å². The van der Waals surface area contributed by atoms with E-state index in [2.05, 4.69) is 5.32 Å². The normalized spacial score (nSPS) is 10.2. The van der Waals surface area contributed by atoms with Gasteiger partial charge in [0.15, 0.2) is 0 Å². The zero-order valence-corrected chi connectivity index (χ0v) is 11.3.